The molecule has 0 aromatic heterocycles. The van der Waals surface area contributed by atoms with Gasteiger partial charge < -0.3 is 15.6 Å². The van der Waals surface area contributed by atoms with Crippen molar-refractivity contribution in [2.75, 3.05) is 19.5 Å². The van der Waals surface area contributed by atoms with Gasteiger partial charge in [0.1, 0.15) is 0 Å². The molecule has 0 aliphatic rings. The smallest absolute Gasteiger partial charge is 0.337 e. The van der Waals surface area contributed by atoms with Crippen LogP contribution in [0.2, 0.25) is 0 Å². The van der Waals surface area contributed by atoms with Crippen molar-refractivity contribution in [3.05, 3.63) is 23.8 Å². The number of carbonyl (C=O) groups is 1. The maximum atomic E-state index is 12.2. The summed E-state index contributed by atoms with van der Waals surface area (Å²) in [4.78, 5) is 10.8. The van der Waals surface area contributed by atoms with E-state index in [1.54, 1.807) is 6.92 Å². The molecule has 0 amide bonds. The molecular formula is C12H18N2O5S. The number of anilines is 1. The molecule has 112 valence electrons. The summed E-state index contributed by atoms with van der Waals surface area (Å²) < 4.78 is 31.6. The molecule has 0 aliphatic heterocycles. The maximum Gasteiger partial charge on any atom is 0.337 e. The van der Waals surface area contributed by atoms with Crippen LogP contribution in [0.15, 0.2) is 23.1 Å². The molecule has 0 bridgehead atoms. The number of hydrogen-bond acceptors (Lipinski definition) is 5. The number of aromatic carboxylic acids is 1. The zero-order chi connectivity index (χ0) is 15.3. The van der Waals surface area contributed by atoms with Gasteiger partial charge in [-0.1, -0.05) is 0 Å². The van der Waals surface area contributed by atoms with E-state index in [1.807, 2.05) is 0 Å². The average Bonchev–Trinajstić information content (AvgIpc) is 2.35. The highest BCUT2D eigenvalue weighted by molar-refractivity contribution is 7.89. The fraction of sp³-hybridized carbons (Fsp3) is 0.417. The van der Waals surface area contributed by atoms with Crippen LogP contribution in [-0.2, 0) is 14.8 Å². The zero-order valence-corrected chi connectivity index (χ0v) is 12.1. The fourth-order valence-corrected chi connectivity index (χ4v) is 3.09. The first-order valence-corrected chi connectivity index (χ1v) is 7.40. The van der Waals surface area contributed by atoms with E-state index >= 15 is 0 Å². The summed E-state index contributed by atoms with van der Waals surface area (Å²) in [5.41, 5.74) is 5.32. The topological polar surface area (TPSA) is 119 Å². The summed E-state index contributed by atoms with van der Waals surface area (Å²) in [5.74, 6) is -1.35. The predicted molar refractivity (Wildman–Crippen MR) is 74.1 cm³/mol. The predicted octanol–water partition coefficient (Wildman–Crippen LogP) is 0.670. The Kier molecular flexibility index (Phi) is 5.49. The number of methoxy groups -OCH3 is 1. The number of ether oxygens (including phenoxy) is 1. The van der Waals surface area contributed by atoms with Crippen LogP contribution in [0.3, 0.4) is 0 Å². The van der Waals surface area contributed by atoms with E-state index in [-0.39, 0.29) is 22.2 Å². The summed E-state index contributed by atoms with van der Waals surface area (Å²) in [5, 5.41) is 9.06. The Morgan fingerprint density at radius 1 is 1.50 bits per heavy atom. The van der Waals surface area contributed by atoms with Crippen molar-refractivity contribution in [2.45, 2.75) is 24.3 Å². The Morgan fingerprint density at radius 3 is 2.70 bits per heavy atom. The van der Waals surface area contributed by atoms with Gasteiger partial charge in [-0.3, -0.25) is 0 Å². The second kappa shape index (κ2) is 6.69. The van der Waals surface area contributed by atoms with Gasteiger partial charge in [-0.15, -0.1) is 0 Å². The summed E-state index contributed by atoms with van der Waals surface area (Å²) >= 11 is 0. The van der Waals surface area contributed by atoms with Crippen molar-refractivity contribution in [2.24, 2.45) is 0 Å². The molecule has 0 spiro atoms. The standard InChI is InChI=1S/C12H18N2O5S/c1-8(5-6-19-2)14-20(17,18)11-4-3-9(13)7-10(11)12(15)16/h3-4,7-8,14H,5-6,13H2,1-2H3,(H,15,16). The second-order valence-electron chi connectivity index (χ2n) is 4.36. The molecular weight excluding hydrogens is 284 g/mol. The van der Waals surface area contributed by atoms with Gasteiger partial charge in [0.15, 0.2) is 0 Å². The molecule has 0 heterocycles. The number of nitrogen functional groups attached to an aromatic ring is 1. The Labute approximate surface area is 117 Å². The monoisotopic (exact) mass is 302 g/mol. The van der Waals surface area contributed by atoms with Crippen LogP contribution in [0.25, 0.3) is 0 Å². The van der Waals surface area contributed by atoms with Crippen LogP contribution in [0.4, 0.5) is 5.69 Å². The Morgan fingerprint density at radius 2 is 2.15 bits per heavy atom. The van der Waals surface area contributed by atoms with Crippen molar-refractivity contribution in [1.82, 2.24) is 4.72 Å². The van der Waals surface area contributed by atoms with Crippen LogP contribution in [-0.4, -0.2) is 39.3 Å². The molecule has 0 radical (unpaired) electrons. The number of nitrogens with two attached hydrogens (primary N) is 1. The fourth-order valence-electron chi connectivity index (χ4n) is 1.63. The van der Waals surface area contributed by atoms with Crippen LogP contribution < -0.4 is 10.5 Å². The lowest BCUT2D eigenvalue weighted by atomic mass is 10.2. The van der Waals surface area contributed by atoms with E-state index in [2.05, 4.69) is 4.72 Å². The van der Waals surface area contributed by atoms with E-state index in [0.29, 0.717) is 13.0 Å². The van der Waals surface area contributed by atoms with Gasteiger partial charge in [0, 0.05) is 25.4 Å². The highest BCUT2D eigenvalue weighted by Crippen LogP contribution is 2.19. The van der Waals surface area contributed by atoms with E-state index in [0.717, 1.165) is 6.07 Å². The first-order valence-electron chi connectivity index (χ1n) is 5.92. The minimum absolute atomic E-state index is 0.189. The molecule has 8 heteroatoms. The number of sulfonamides is 1. The largest absolute Gasteiger partial charge is 0.478 e. The zero-order valence-electron chi connectivity index (χ0n) is 11.3. The van der Waals surface area contributed by atoms with Gasteiger partial charge in [0.2, 0.25) is 10.0 Å². The molecule has 7 nitrogen and oxygen atoms in total. The third-order valence-corrected chi connectivity index (χ3v) is 4.28. The minimum atomic E-state index is -3.92. The van der Waals surface area contributed by atoms with Crippen molar-refractivity contribution in [3.63, 3.8) is 0 Å². The van der Waals surface area contributed by atoms with Crippen molar-refractivity contribution < 1.29 is 23.1 Å². The molecule has 1 unspecified atom stereocenters. The molecule has 1 aromatic carbocycles. The van der Waals surface area contributed by atoms with Crippen molar-refractivity contribution >= 4 is 21.7 Å². The lowest BCUT2D eigenvalue weighted by Crippen LogP contribution is -2.34. The lowest BCUT2D eigenvalue weighted by Gasteiger charge is -2.15. The van der Waals surface area contributed by atoms with Gasteiger partial charge in [0.25, 0.3) is 0 Å². The van der Waals surface area contributed by atoms with E-state index < -0.39 is 16.0 Å². The van der Waals surface area contributed by atoms with Crippen LogP contribution >= 0.6 is 0 Å². The van der Waals surface area contributed by atoms with Crippen LogP contribution in [0.1, 0.15) is 23.7 Å². The second-order valence-corrected chi connectivity index (χ2v) is 6.05. The normalized spacial score (nSPS) is 13.1. The number of benzene rings is 1. The summed E-state index contributed by atoms with van der Waals surface area (Å²) in [6.45, 7) is 2.07. The van der Waals surface area contributed by atoms with Crippen molar-refractivity contribution in [3.8, 4) is 0 Å². The quantitative estimate of drug-likeness (QED) is 0.637. The van der Waals surface area contributed by atoms with E-state index in [4.69, 9.17) is 15.6 Å². The molecule has 1 atom stereocenters. The molecule has 0 fully saturated rings. The molecule has 4 N–H and O–H groups in total. The molecule has 1 rings (SSSR count). The first-order chi connectivity index (χ1) is 9.27. The molecule has 0 saturated carbocycles. The number of carboxylic acid groups (broad SMARTS) is 1. The highest BCUT2D eigenvalue weighted by Gasteiger charge is 2.24. The van der Waals surface area contributed by atoms with Gasteiger partial charge >= 0.3 is 5.97 Å². The van der Waals surface area contributed by atoms with Gasteiger partial charge in [-0.2, -0.15) is 0 Å². The van der Waals surface area contributed by atoms with Gasteiger partial charge in [0.05, 0.1) is 10.5 Å². The summed E-state index contributed by atoms with van der Waals surface area (Å²) in [6.07, 6.45) is 0.479. The third-order valence-electron chi connectivity index (χ3n) is 2.63. The number of carboxylic acids is 1. The SMILES string of the molecule is COCCC(C)NS(=O)(=O)c1ccc(N)cc1C(=O)O. The van der Waals surface area contributed by atoms with Gasteiger partial charge in [-0.25, -0.2) is 17.9 Å². The first kappa shape index (κ1) is 16.4. The van der Waals surface area contributed by atoms with Gasteiger partial charge in [-0.05, 0) is 31.5 Å². The number of nitrogens with one attached hydrogen (secondary N) is 1. The Hall–Kier alpha value is -1.64. The van der Waals surface area contributed by atoms with Crippen LogP contribution in [0.5, 0.6) is 0 Å². The average molecular weight is 302 g/mol. The van der Waals surface area contributed by atoms with E-state index in [1.165, 1.54) is 19.2 Å². The summed E-state index contributed by atoms with van der Waals surface area (Å²) in [7, 11) is -2.41. The summed E-state index contributed by atoms with van der Waals surface area (Å²) in [6, 6.07) is 3.28. The maximum absolute atomic E-state index is 12.2. The Balaban J connectivity index is 3.06. The minimum Gasteiger partial charge on any atom is -0.478 e. The molecule has 0 saturated heterocycles. The molecule has 20 heavy (non-hydrogen) atoms. The van der Waals surface area contributed by atoms with Crippen molar-refractivity contribution in [1.29, 1.82) is 0 Å². The Bertz CT molecular complexity index is 586. The molecule has 1 aromatic rings. The third kappa shape index (κ3) is 4.19. The van der Waals surface area contributed by atoms with E-state index in [9.17, 15) is 13.2 Å². The number of hydrogen-bond donors (Lipinski definition) is 3. The number of rotatable bonds is 7. The lowest BCUT2D eigenvalue weighted by molar-refractivity contribution is 0.0692. The highest BCUT2D eigenvalue weighted by atomic mass is 32.2. The van der Waals surface area contributed by atoms with Crippen LogP contribution in [0, 0.1) is 0 Å². The molecule has 0 aliphatic carbocycles.